The molecule has 0 aromatic rings. The molecule has 0 bridgehead atoms. The van der Waals surface area contributed by atoms with Crippen LogP contribution in [0.1, 0.15) is 0 Å². The summed E-state index contributed by atoms with van der Waals surface area (Å²) < 4.78 is 36.8. The summed E-state index contributed by atoms with van der Waals surface area (Å²) in [6.45, 7) is 0. The monoisotopic (exact) mass is 188 g/mol. The molecule has 0 amide bonds. The number of nitrogens with zero attached hydrogens (tertiary/aromatic N) is 1. The Balaban J connectivity index is 2.95. The maximum absolute atomic E-state index is 12.3. The van der Waals surface area contributed by atoms with Gasteiger partial charge in [-0.1, -0.05) is 6.08 Å². The molecule has 5 heteroatoms. The largest absolute Gasteiger partial charge is 0.399 e. The normalized spacial score (nSPS) is 28.0. The number of nitriles is 1. The summed E-state index contributed by atoms with van der Waals surface area (Å²) >= 11 is 0. The number of hydrogen-bond donors (Lipinski definition) is 1. The van der Waals surface area contributed by atoms with Crippen molar-refractivity contribution >= 4 is 0 Å². The Labute approximate surface area is 73.1 Å². The fourth-order valence-corrected chi connectivity index (χ4v) is 1.12. The van der Waals surface area contributed by atoms with Crippen LogP contribution in [0, 0.1) is 23.2 Å². The number of hydrogen-bond acceptors (Lipinski definition) is 2. The minimum absolute atomic E-state index is 0.0498. The third kappa shape index (κ3) is 2.02. The summed E-state index contributed by atoms with van der Waals surface area (Å²) in [5.41, 5.74) is 5.25. The van der Waals surface area contributed by atoms with Crippen LogP contribution >= 0.6 is 0 Å². The molecule has 0 aromatic heterocycles. The topological polar surface area (TPSA) is 49.8 Å². The van der Waals surface area contributed by atoms with Crippen LogP contribution in [0.15, 0.2) is 23.9 Å². The van der Waals surface area contributed by atoms with Gasteiger partial charge in [0.25, 0.3) is 0 Å². The van der Waals surface area contributed by atoms with E-state index < -0.39 is 18.0 Å². The fourth-order valence-electron chi connectivity index (χ4n) is 1.12. The van der Waals surface area contributed by atoms with Crippen molar-refractivity contribution < 1.29 is 13.2 Å². The summed E-state index contributed by atoms with van der Waals surface area (Å²) in [6, 6.07) is 1.57. The molecule has 0 aromatic carbocycles. The van der Waals surface area contributed by atoms with Crippen LogP contribution in [0.2, 0.25) is 0 Å². The van der Waals surface area contributed by atoms with Crippen molar-refractivity contribution in [3.8, 4) is 6.07 Å². The van der Waals surface area contributed by atoms with E-state index in [1.165, 1.54) is 12.2 Å². The van der Waals surface area contributed by atoms with E-state index in [0.29, 0.717) is 0 Å². The molecule has 0 saturated carbocycles. The Kier molecular flexibility index (Phi) is 2.32. The van der Waals surface area contributed by atoms with Crippen molar-refractivity contribution in [3.05, 3.63) is 23.9 Å². The predicted octanol–water partition coefficient (Wildman–Crippen LogP) is 1.72. The molecule has 0 heterocycles. The van der Waals surface area contributed by atoms with Crippen LogP contribution in [0.5, 0.6) is 0 Å². The maximum Gasteiger partial charge on any atom is 0.396 e. The Morgan fingerprint density at radius 1 is 1.46 bits per heavy atom. The first-order valence-electron chi connectivity index (χ1n) is 3.57. The molecular weight excluding hydrogens is 181 g/mol. The molecule has 0 saturated heterocycles. The van der Waals surface area contributed by atoms with E-state index in [-0.39, 0.29) is 5.70 Å². The van der Waals surface area contributed by atoms with Gasteiger partial charge in [-0.25, -0.2) is 0 Å². The van der Waals surface area contributed by atoms with Crippen molar-refractivity contribution in [1.82, 2.24) is 0 Å². The second-order valence-corrected chi connectivity index (χ2v) is 2.75. The lowest BCUT2D eigenvalue weighted by molar-refractivity contribution is -0.166. The van der Waals surface area contributed by atoms with Gasteiger partial charge in [-0.3, -0.25) is 0 Å². The number of rotatable bonds is 0. The van der Waals surface area contributed by atoms with Gasteiger partial charge in [0.05, 0.1) is 17.9 Å². The highest BCUT2D eigenvalue weighted by atomic mass is 19.4. The first kappa shape index (κ1) is 9.65. The average Bonchev–Trinajstić information content (AvgIpc) is 2.03. The van der Waals surface area contributed by atoms with E-state index in [1.807, 2.05) is 0 Å². The van der Waals surface area contributed by atoms with Gasteiger partial charge in [0, 0.05) is 5.70 Å². The minimum Gasteiger partial charge on any atom is -0.399 e. The highest BCUT2D eigenvalue weighted by Crippen LogP contribution is 2.36. The number of halogens is 3. The standard InChI is InChI=1S/C8H7F3N2/c9-8(10,11)7-3-6(13)2-1-5(7)4-12/h1-3,5,7H,13H2. The van der Waals surface area contributed by atoms with Crippen molar-refractivity contribution in [2.45, 2.75) is 6.18 Å². The molecule has 0 fully saturated rings. The zero-order valence-electron chi connectivity index (χ0n) is 6.55. The summed E-state index contributed by atoms with van der Waals surface area (Å²) in [6.07, 6.45) is -1.05. The van der Waals surface area contributed by atoms with E-state index in [2.05, 4.69) is 0 Å². The Bertz CT molecular complexity index is 295. The van der Waals surface area contributed by atoms with Crippen molar-refractivity contribution in [1.29, 1.82) is 5.26 Å². The van der Waals surface area contributed by atoms with Gasteiger partial charge in [-0.05, 0) is 12.2 Å². The molecule has 2 atom stereocenters. The fraction of sp³-hybridized carbons (Fsp3) is 0.375. The third-order valence-electron chi connectivity index (χ3n) is 1.78. The van der Waals surface area contributed by atoms with E-state index in [4.69, 9.17) is 11.0 Å². The summed E-state index contributed by atoms with van der Waals surface area (Å²) in [4.78, 5) is 0. The van der Waals surface area contributed by atoms with E-state index in [9.17, 15) is 13.2 Å². The lowest BCUT2D eigenvalue weighted by Crippen LogP contribution is -2.29. The van der Waals surface area contributed by atoms with Crippen molar-refractivity contribution in [2.24, 2.45) is 17.6 Å². The predicted molar refractivity (Wildman–Crippen MR) is 40.1 cm³/mol. The molecule has 0 aliphatic heterocycles. The molecule has 1 rings (SSSR count). The van der Waals surface area contributed by atoms with E-state index in [0.717, 1.165) is 6.08 Å². The van der Waals surface area contributed by atoms with Crippen molar-refractivity contribution in [2.75, 3.05) is 0 Å². The van der Waals surface area contributed by atoms with Gasteiger partial charge in [-0.15, -0.1) is 0 Å². The lowest BCUT2D eigenvalue weighted by Gasteiger charge is -2.22. The average molecular weight is 188 g/mol. The number of nitrogens with two attached hydrogens (primary N) is 1. The molecule has 2 N–H and O–H groups in total. The van der Waals surface area contributed by atoms with Gasteiger partial charge in [0.15, 0.2) is 0 Å². The zero-order valence-corrected chi connectivity index (χ0v) is 6.55. The first-order chi connectivity index (χ1) is 5.95. The summed E-state index contributed by atoms with van der Waals surface area (Å²) in [5.74, 6) is -2.94. The van der Waals surface area contributed by atoms with Crippen molar-refractivity contribution in [3.63, 3.8) is 0 Å². The van der Waals surface area contributed by atoms with Gasteiger partial charge < -0.3 is 5.73 Å². The summed E-state index contributed by atoms with van der Waals surface area (Å²) in [7, 11) is 0. The molecule has 2 unspecified atom stereocenters. The number of alkyl halides is 3. The molecule has 70 valence electrons. The molecular formula is C8H7F3N2. The van der Waals surface area contributed by atoms with E-state index >= 15 is 0 Å². The van der Waals surface area contributed by atoms with Crippen LogP contribution in [0.25, 0.3) is 0 Å². The first-order valence-corrected chi connectivity index (χ1v) is 3.57. The molecule has 2 nitrogen and oxygen atoms in total. The Hall–Kier alpha value is -1.44. The third-order valence-corrected chi connectivity index (χ3v) is 1.78. The Morgan fingerprint density at radius 3 is 2.54 bits per heavy atom. The molecule has 1 aliphatic rings. The maximum atomic E-state index is 12.3. The van der Waals surface area contributed by atoms with Crippen LogP contribution < -0.4 is 5.73 Å². The second kappa shape index (κ2) is 3.13. The highest BCUT2D eigenvalue weighted by Gasteiger charge is 2.43. The van der Waals surface area contributed by atoms with Crippen LogP contribution in [-0.4, -0.2) is 6.18 Å². The summed E-state index contributed by atoms with van der Waals surface area (Å²) in [5, 5.41) is 8.44. The van der Waals surface area contributed by atoms with Crippen LogP contribution in [0.3, 0.4) is 0 Å². The zero-order chi connectivity index (χ0) is 10.1. The smallest absolute Gasteiger partial charge is 0.396 e. The van der Waals surface area contributed by atoms with Crippen LogP contribution in [-0.2, 0) is 0 Å². The Morgan fingerprint density at radius 2 is 2.08 bits per heavy atom. The minimum atomic E-state index is -4.41. The van der Waals surface area contributed by atoms with Gasteiger partial charge in [0.2, 0.25) is 0 Å². The van der Waals surface area contributed by atoms with Crippen LogP contribution in [0.4, 0.5) is 13.2 Å². The van der Waals surface area contributed by atoms with Gasteiger partial charge in [-0.2, -0.15) is 18.4 Å². The van der Waals surface area contributed by atoms with Gasteiger partial charge >= 0.3 is 6.18 Å². The van der Waals surface area contributed by atoms with Gasteiger partial charge in [0.1, 0.15) is 0 Å². The lowest BCUT2D eigenvalue weighted by atomic mass is 9.88. The van der Waals surface area contributed by atoms with E-state index in [1.54, 1.807) is 6.07 Å². The molecule has 1 aliphatic carbocycles. The molecule has 13 heavy (non-hydrogen) atoms. The highest BCUT2D eigenvalue weighted by molar-refractivity contribution is 5.27. The quantitative estimate of drug-likeness (QED) is 0.629. The molecule has 0 spiro atoms. The number of allylic oxidation sites excluding steroid dienone is 3. The SMILES string of the molecule is N#CC1C=CC(N)=CC1C(F)(F)F. The second-order valence-electron chi connectivity index (χ2n) is 2.75. The molecule has 0 radical (unpaired) electrons.